The second-order valence-corrected chi connectivity index (χ2v) is 8.70. The van der Waals surface area contributed by atoms with E-state index in [1.807, 2.05) is 6.92 Å². The third-order valence-corrected chi connectivity index (χ3v) is 6.62. The Hall–Kier alpha value is -2.38. The molecule has 2 aromatic carbocycles. The Morgan fingerprint density at radius 2 is 1.71 bits per heavy atom. The largest absolute Gasteiger partial charge is 0.494 e. The fourth-order valence-electron chi connectivity index (χ4n) is 3.24. The molecule has 7 heteroatoms. The number of ether oxygens (including phenoxy) is 1. The van der Waals surface area contributed by atoms with Gasteiger partial charge in [0.25, 0.3) is 5.91 Å². The van der Waals surface area contributed by atoms with Gasteiger partial charge in [0.05, 0.1) is 11.5 Å². The molecule has 28 heavy (non-hydrogen) atoms. The molecule has 1 fully saturated rings. The van der Waals surface area contributed by atoms with Crippen LogP contribution in [0.2, 0.25) is 0 Å². The van der Waals surface area contributed by atoms with Crippen LogP contribution in [-0.4, -0.2) is 38.3 Å². The van der Waals surface area contributed by atoms with Crippen LogP contribution in [0, 0.1) is 0 Å². The molecule has 0 atom stereocenters. The Kier molecular flexibility index (Phi) is 6.70. The average Bonchev–Trinajstić information content (AvgIpc) is 2.99. The first-order valence-corrected chi connectivity index (χ1v) is 11.1. The summed E-state index contributed by atoms with van der Waals surface area (Å²) in [6.45, 7) is 3.55. The highest BCUT2D eigenvalue weighted by Gasteiger charge is 2.25. The number of hydrogen-bond acceptors (Lipinski definition) is 4. The van der Waals surface area contributed by atoms with Gasteiger partial charge < -0.3 is 10.1 Å². The number of amides is 1. The Morgan fingerprint density at radius 1 is 1.04 bits per heavy atom. The van der Waals surface area contributed by atoms with Crippen molar-refractivity contribution in [1.82, 2.24) is 4.31 Å². The Bertz CT molecular complexity index is 902. The third kappa shape index (κ3) is 4.91. The van der Waals surface area contributed by atoms with Crippen LogP contribution in [0.3, 0.4) is 0 Å². The van der Waals surface area contributed by atoms with E-state index in [1.165, 1.54) is 6.07 Å². The average molecular weight is 403 g/mol. The van der Waals surface area contributed by atoms with Gasteiger partial charge in [-0.05, 0) is 62.2 Å². The number of carbonyl (C=O) groups is 1. The SMILES string of the molecule is CCOc1ccc(C(=O)Nc2cccc(S(=O)(=O)N3CCCCCC3)c2)cc1. The molecule has 1 heterocycles. The van der Waals surface area contributed by atoms with Crippen LogP contribution >= 0.6 is 0 Å². The van der Waals surface area contributed by atoms with E-state index in [2.05, 4.69) is 5.32 Å². The molecule has 0 radical (unpaired) electrons. The van der Waals surface area contributed by atoms with Crippen molar-refractivity contribution in [3.63, 3.8) is 0 Å². The molecule has 1 saturated heterocycles. The maximum absolute atomic E-state index is 12.9. The van der Waals surface area contributed by atoms with Gasteiger partial charge in [-0.15, -0.1) is 0 Å². The lowest BCUT2D eigenvalue weighted by molar-refractivity contribution is 0.102. The molecule has 1 aliphatic rings. The van der Waals surface area contributed by atoms with E-state index in [9.17, 15) is 13.2 Å². The molecule has 0 bridgehead atoms. The molecule has 0 aliphatic carbocycles. The lowest BCUT2D eigenvalue weighted by Crippen LogP contribution is -2.32. The van der Waals surface area contributed by atoms with Crippen LogP contribution in [0.1, 0.15) is 43.0 Å². The molecule has 1 N–H and O–H groups in total. The summed E-state index contributed by atoms with van der Waals surface area (Å²) in [6.07, 6.45) is 3.88. The topological polar surface area (TPSA) is 75.7 Å². The fourth-order valence-corrected chi connectivity index (χ4v) is 4.80. The lowest BCUT2D eigenvalue weighted by Gasteiger charge is -2.20. The van der Waals surface area contributed by atoms with Crippen LogP contribution in [-0.2, 0) is 10.0 Å². The summed E-state index contributed by atoms with van der Waals surface area (Å²) in [5.74, 6) is 0.400. The summed E-state index contributed by atoms with van der Waals surface area (Å²) < 4.78 is 32.8. The Morgan fingerprint density at radius 3 is 2.36 bits per heavy atom. The van der Waals surface area contributed by atoms with Gasteiger partial charge in [-0.3, -0.25) is 4.79 Å². The van der Waals surface area contributed by atoms with E-state index >= 15 is 0 Å². The molecule has 1 aliphatic heterocycles. The number of anilines is 1. The van der Waals surface area contributed by atoms with Crippen molar-refractivity contribution in [1.29, 1.82) is 0 Å². The standard InChI is InChI=1S/C21H26N2O4S/c1-2-27-19-12-10-17(11-13-19)21(24)22-18-8-7-9-20(16-18)28(25,26)23-14-5-3-4-6-15-23/h7-13,16H,2-6,14-15H2,1H3,(H,22,24). The van der Waals surface area contributed by atoms with Crippen LogP contribution in [0.5, 0.6) is 5.75 Å². The zero-order chi connectivity index (χ0) is 20.0. The molecule has 3 rings (SSSR count). The molecule has 6 nitrogen and oxygen atoms in total. The number of sulfonamides is 1. The predicted molar refractivity (Wildman–Crippen MR) is 109 cm³/mol. The third-order valence-electron chi connectivity index (χ3n) is 4.72. The lowest BCUT2D eigenvalue weighted by atomic mass is 10.2. The number of hydrogen-bond donors (Lipinski definition) is 1. The molecule has 0 aromatic heterocycles. The first-order chi connectivity index (χ1) is 13.5. The second kappa shape index (κ2) is 9.21. The summed E-state index contributed by atoms with van der Waals surface area (Å²) in [7, 11) is -3.55. The molecule has 1 amide bonds. The summed E-state index contributed by atoms with van der Waals surface area (Å²) in [4.78, 5) is 12.7. The highest BCUT2D eigenvalue weighted by atomic mass is 32.2. The van der Waals surface area contributed by atoms with Crippen molar-refractivity contribution in [2.75, 3.05) is 25.0 Å². The molecular formula is C21H26N2O4S. The smallest absolute Gasteiger partial charge is 0.255 e. The highest BCUT2D eigenvalue weighted by Crippen LogP contribution is 2.23. The van der Waals surface area contributed by atoms with Crippen molar-refractivity contribution in [3.05, 3.63) is 54.1 Å². The van der Waals surface area contributed by atoms with Crippen molar-refractivity contribution in [2.45, 2.75) is 37.5 Å². The van der Waals surface area contributed by atoms with Crippen LogP contribution < -0.4 is 10.1 Å². The van der Waals surface area contributed by atoms with Gasteiger partial charge in [-0.1, -0.05) is 18.9 Å². The molecule has 2 aromatic rings. The van der Waals surface area contributed by atoms with Gasteiger partial charge in [0, 0.05) is 24.3 Å². The zero-order valence-electron chi connectivity index (χ0n) is 16.1. The maximum atomic E-state index is 12.9. The van der Waals surface area contributed by atoms with E-state index in [-0.39, 0.29) is 10.8 Å². The summed E-state index contributed by atoms with van der Waals surface area (Å²) in [6, 6.07) is 13.3. The van der Waals surface area contributed by atoms with Crippen molar-refractivity contribution in [2.24, 2.45) is 0 Å². The van der Waals surface area contributed by atoms with Crippen LogP contribution in [0.4, 0.5) is 5.69 Å². The van der Waals surface area contributed by atoms with Crippen LogP contribution in [0.15, 0.2) is 53.4 Å². The zero-order valence-corrected chi connectivity index (χ0v) is 16.9. The Labute approximate surface area is 166 Å². The van der Waals surface area contributed by atoms with Crippen molar-refractivity contribution >= 4 is 21.6 Å². The van der Waals surface area contributed by atoms with Crippen molar-refractivity contribution in [3.8, 4) is 5.75 Å². The van der Waals surface area contributed by atoms with E-state index in [0.717, 1.165) is 25.7 Å². The van der Waals surface area contributed by atoms with E-state index in [4.69, 9.17) is 4.74 Å². The monoisotopic (exact) mass is 402 g/mol. The normalized spacial score (nSPS) is 15.6. The Balaban J connectivity index is 1.74. The van der Waals surface area contributed by atoms with Gasteiger partial charge in [0.15, 0.2) is 0 Å². The van der Waals surface area contributed by atoms with Gasteiger partial charge >= 0.3 is 0 Å². The second-order valence-electron chi connectivity index (χ2n) is 6.76. The molecule has 150 valence electrons. The minimum Gasteiger partial charge on any atom is -0.494 e. The first-order valence-electron chi connectivity index (χ1n) is 9.65. The number of nitrogens with zero attached hydrogens (tertiary/aromatic N) is 1. The number of benzene rings is 2. The summed E-state index contributed by atoms with van der Waals surface area (Å²) in [5.41, 5.74) is 0.930. The van der Waals surface area contributed by atoms with Gasteiger partial charge in [0.1, 0.15) is 5.75 Å². The predicted octanol–water partition coefficient (Wildman–Crippen LogP) is 3.90. The summed E-state index contributed by atoms with van der Waals surface area (Å²) >= 11 is 0. The van der Waals surface area contributed by atoms with Crippen LogP contribution in [0.25, 0.3) is 0 Å². The van der Waals surface area contributed by atoms with E-state index in [0.29, 0.717) is 36.7 Å². The molecule has 0 saturated carbocycles. The van der Waals surface area contributed by atoms with Gasteiger partial charge in [-0.25, -0.2) is 8.42 Å². The molecule has 0 unspecified atom stereocenters. The first kappa shape index (κ1) is 20.4. The minimum atomic E-state index is -3.55. The fraction of sp³-hybridized carbons (Fsp3) is 0.381. The maximum Gasteiger partial charge on any atom is 0.255 e. The van der Waals surface area contributed by atoms with Gasteiger partial charge in [0.2, 0.25) is 10.0 Å². The van der Waals surface area contributed by atoms with Crippen molar-refractivity contribution < 1.29 is 17.9 Å². The van der Waals surface area contributed by atoms with E-state index < -0.39 is 10.0 Å². The summed E-state index contributed by atoms with van der Waals surface area (Å²) in [5, 5.41) is 2.77. The minimum absolute atomic E-state index is 0.207. The number of rotatable bonds is 6. The molecule has 0 spiro atoms. The number of nitrogens with one attached hydrogen (secondary N) is 1. The highest BCUT2D eigenvalue weighted by molar-refractivity contribution is 7.89. The molecular weight excluding hydrogens is 376 g/mol. The van der Waals surface area contributed by atoms with Gasteiger partial charge in [-0.2, -0.15) is 4.31 Å². The quantitative estimate of drug-likeness (QED) is 0.795. The number of carbonyl (C=O) groups excluding carboxylic acids is 1. The van der Waals surface area contributed by atoms with E-state index in [1.54, 1.807) is 46.8 Å².